The molecule has 1 heterocycles. The van der Waals surface area contributed by atoms with E-state index in [4.69, 9.17) is 0 Å². The summed E-state index contributed by atoms with van der Waals surface area (Å²) in [5.74, 6) is 0. The number of fused-ring (bicyclic) bond motifs is 2. The molecule has 2 N–H and O–H groups in total. The van der Waals surface area contributed by atoms with Crippen LogP contribution in [0.15, 0.2) is 52.3 Å². The molecule has 0 atom stereocenters. The second-order valence-electron chi connectivity index (χ2n) is 3.96. The number of nitrogens with one attached hydrogen (secondary N) is 2. The fourth-order valence-electron chi connectivity index (χ4n) is 1.95. The minimum absolute atomic E-state index is 0.947. The Morgan fingerprint density at radius 3 is 2.76 bits per heavy atom. The van der Waals surface area contributed by atoms with Crippen LogP contribution in [0.1, 0.15) is 6.92 Å². The number of benzene rings is 2. The highest BCUT2D eigenvalue weighted by Gasteiger charge is 2.14. The monoisotopic (exact) mass is 242 g/mol. The van der Waals surface area contributed by atoms with Crippen molar-refractivity contribution in [1.29, 1.82) is 0 Å². The molecule has 0 aromatic heterocycles. The van der Waals surface area contributed by atoms with Crippen molar-refractivity contribution in [2.45, 2.75) is 16.7 Å². The molecule has 0 unspecified atom stereocenters. The Hall–Kier alpha value is -1.61. The summed E-state index contributed by atoms with van der Waals surface area (Å²) >= 11 is 1.82. The summed E-state index contributed by atoms with van der Waals surface area (Å²) in [4.78, 5) is 2.57. The molecular formula is C14H14N2S. The number of hydrogen-bond donors (Lipinski definition) is 2. The normalized spacial score (nSPS) is 12.3. The fourth-order valence-corrected chi connectivity index (χ4v) is 2.92. The SMILES string of the molecule is CCNc1ccc2c(c1)Nc1ccccc1S2. The van der Waals surface area contributed by atoms with Gasteiger partial charge in [-0.1, -0.05) is 23.9 Å². The summed E-state index contributed by atoms with van der Waals surface area (Å²) in [7, 11) is 0. The molecule has 2 nitrogen and oxygen atoms in total. The average molecular weight is 242 g/mol. The van der Waals surface area contributed by atoms with E-state index in [9.17, 15) is 0 Å². The molecule has 17 heavy (non-hydrogen) atoms. The van der Waals surface area contributed by atoms with E-state index in [0.29, 0.717) is 0 Å². The Morgan fingerprint density at radius 2 is 1.88 bits per heavy atom. The molecule has 86 valence electrons. The van der Waals surface area contributed by atoms with E-state index in [1.165, 1.54) is 26.9 Å². The van der Waals surface area contributed by atoms with Gasteiger partial charge in [0.25, 0.3) is 0 Å². The van der Waals surface area contributed by atoms with Gasteiger partial charge in [0.05, 0.1) is 11.4 Å². The van der Waals surface area contributed by atoms with E-state index in [-0.39, 0.29) is 0 Å². The maximum absolute atomic E-state index is 3.48. The minimum atomic E-state index is 0.947. The van der Waals surface area contributed by atoms with E-state index in [2.05, 4.69) is 60.0 Å². The Labute approximate surface area is 105 Å². The zero-order valence-electron chi connectivity index (χ0n) is 9.66. The zero-order chi connectivity index (χ0) is 11.7. The van der Waals surface area contributed by atoms with Gasteiger partial charge in [0.2, 0.25) is 0 Å². The predicted octanol–water partition coefficient (Wildman–Crippen LogP) is 4.33. The Morgan fingerprint density at radius 1 is 1.06 bits per heavy atom. The fraction of sp³-hybridized carbons (Fsp3) is 0.143. The van der Waals surface area contributed by atoms with Crippen molar-refractivity contribution < 1.29 is 0 Å². The minimum Gasteiger partial charge on any atom is -0.385 e. The van der Waals surface area contributed by atoms with Crippen LogP contribution in [0.25, 0.3) is 0 Å². The van der Waals surface area contributed by atoms with Gasteiger partial charge in [0.1, 0.15) is 0 Å². The third-order valence-corrected chi connectivity index (χ3v) is 3.89. The molecule has 1 aliphatic rings. The van der Waals surface area contributed by atoms with Crippen molar-refractivity contribution in [3.63, 3.8) is 0 Å². The van der Waals surface area contributed by atoms with Gasteiger partial charge < -0.3 is 10.6 Å². The zero-order valence-corrected chi connectivity index (χ0v) is 10.5. The molecule has 1 aliphatic heterocycles. The summed E-state index contributed by atoms with van der Waals surface area (Å²) in [6, 6.07) is 14.9. The Bertz CT molecular complexity index is 552. The van der Waals surface area contributed by atoms with Gasteiger partial charge in [-0.2, -0.15) is 0 Å². The maximum Gasteiger partial charge on any atom is 0.0547 e. The first kappa shape index (κ1) is 10.5. The van der Waals surface area contributed by atoms with E-state index < -0.39 is 0 Å². The number of hydrogen-bond acceptors (Lipinski definition) is 3. The van der Waals surface area contributed by atoms with E-state index in [1.807, 2.05) is 11.8 Å². The van der Waals surface area contributed by atoms with E-state index >= 15 is 0 Å². The lowest BCUT2D eigenvalue weighted by atomic mass is 10.2. The van der Waals surface area contributed by atoms with Crippen molar-refractivity contribution in [3.8, 4) is 0 Å². The van der Waals surface area contributed by atoms with Gasteiger partial charge in [-0.05, 0) is 37.3 Å². The molecule has 3 heteroatoms. The molecule has 0 amide bonds. The lowest BCUT2D eigenvalue weighted by molar-refractivity contribution is 1.20. The summed E-state index contributed by atoms with van der Waals surface area (Å²) in [6.45, 7) is 3.06. The van der Waals surface area contributed by atoms with Crippen LogP contribution in [0.2, 0.25) is 0 Å². The molecule has 0 saturated heterocycles. The first-order valence-corrected chi connectivity index (χ1v) is 6.60. The van der Waals surface area contributed by atoms with E-state index in [0.717, 1.165) is 6.54 Å². The summed E-state index contributed by atoms with van der Waals surface area (Å²) in [5, 5.41) is 6.81. The van der Waals surface area contributed by atoms with Crippen LogP contribution in [-0.4, -0.2) is 6.54 Å². The van der Waals surface area contributed by atoms with Crippen molar-refractivity contribution in [2.24, 2.45) is 0 Å². The van der Waals surface area contributed by atoms with Crippen LogP contribution < -0.4 is 10.6 Å². The summed E-state index contributed by atoms with van der Waals surface area (Å²) < 4.78 is 0. The Balaban J connectivity index is 1.97. The second kappa shape index (κ2) is 4.34. The maximum atomic E-state index is 3.48. The van der Waals surface area contributed by atoms with Gasteiger partial charge in [-0.15, -0.1) is 0 Å². The molecule has 0 saturated carbocycles. The van der Waals surface area contributed by atoms with Gasteiger partial charge in [-0.3, -0.25) is 0 Å². The van der Waals surface area contributed by atoms with Crippen LogP contribution in [0, 0.1) is 0 Å². The molecule has 2 aromatic rings. The summed E-state index contributed by atoms with van der Waals surface area (Å²) in [6.07, 6.45) is 0. The van der Waals surface area contributed by atoms with Gasteiger partial charge in [-0.25, -0.2) is 0 Å². The highest BCUT2D eigenvalue weighted by Crippen LogP contribution is 2.44. The smallest absolute Gasteiger partial charge is 0.0547 e. The molecule has 0 aliphatic carbocycles. The molecule has 0 fully saturated rings. The Kier molecular flexibility index (Phi) is 2.69. The molecule has 3 rings (SSSR count). The van der Waals surface area contributed by atoms with Crippen molar-refractivity contribution in [1.82, 2.24) is 0 Å². The molecule has 0 radical (unpaired) electrons. The van der Waals surface area contributed by atoms with Crippen LogP contribution in [0.4, 0.5) is 17.1 Å². The number of anilines is 3. The number of rotatable bonds is 2. The largest absolute Gasteiger partial charge is 0.385 e. The highest BCUT2D eigenvalue weighted by atomic mass is 32.2. The first-order chi connectivity index (χ1) is 8.36. The topological polar surface area (TPSA) is 24.1 Å². The molecule has 0 spiro atoms. The molecule has 2 aromatic carbocycles. The predicted molar refractivity (Wildman–Crippen MR) is 74.5 cm³/mol. The van der Waals surface area contributed by atoms with Crippen LogP contribution in [-0.2, 0) is 0 Å². The first-order valence-electron chi connectivity index (χ1n) is 5.78. The highest BCUT2D eigenvalue weighted by molar-refractivity contribution is 7.99. The lowest BCUT2D eigenvalue weighted by Gasteiger charge is -2.21. The van der Waals surface area contributed by atoms with Gasteiger partial charge in [0, 0.05) is 22.0 Å². The number of para-hydroxylation sites is 1. The van der Waals surface area contributed by atoms with Crippen molar-refractivity contribution in [2.75, 3.05) is 17.2 Å². The van der Waals surface area contributed by atoms with Crippen molar-refractivity contribution >= 4 is 28.8 Å². The second-order valence-corrected chi connectivity index (χ2v) is 5.05. The standard InChI is InChI=1S/C14H14N2S/c1-2-15-10-7-8-14-12(9-10)16-11-5-3-4-6-13(11)17-14/h3-9,15-16H,2H2,1H3. The molecular weight excluding hydrogens is 228 g/mol. The van der Waals surface area contributed by atoms with Crippen LogP contribution in [0.5, 0.6) is 0 Å². The third kappa shape index (κ3) is 1.98. The average Bonchev–Trinajstić information content (AvgIpc) is 2.36. The quantitative estimate of drug-likeness (QED) is 0.699. The van der Waals surface area contributed by atoms with Crippen LogP contribution in [0.3, 0.4) is 0 Å². The van der Waals surface area contributed by atoms with Gasteiger partial charge >= 0.3 is 0 Å². The summed E-state index contributed by atoms with van der Waals surface area (Å²) in [5.41, 5.74) is 3.55. The lowest BCUT2D eigenvalue weighted by Crippen LogP contribution is -2.02. The van der Waals surface area contributed by atoms with Crippen molar-refractivity contribution in [3.05, 3.63) is 42.5 Å². The van der Waals surface area contributed by atoms with E-state index in [1.54, 1.807) is 0 Å². The van der Waals surface area contributed by atoms with Crippen LogP contribution >= 0.6 is 11.8 Å². The van der Waals surface area contributed by atoms with Gasteiger partial charge in [0.15, 0.2) is 0 Å². The third-order valence-electron chi connectivity index (χ3n) is 2.74. The molecule has 0 bridgehead atoms.